The highest BCUT2D eigenvalue weighted by Gasteiger charge is 2.22. The van der Waals surface area contributed by atoms with Crippen LogP contribution in [0, 0.1) is 0 Å². The number of halogens is 3. The number of alkyl halides is 3. The van der Waals surface area contributed by atoms with Crippen molar-refractivity contribution in [1.29, 1.82) is 0 Å². The van der Waals surface area contributed by atoms with Gasteiger partial charge < -0.3 is 0 Å². The molecule has 0 aromatic rings. The fourth-order valence-electron chi connectivity index (χ4n) is 0.137. The van der Waals surface area contributed by atoms with E-state index in [2.05, 4.69) is 11.6 Å². The Balaban J connectivity index is 3.69. The van der Waals surface area contributed by atoms with Crippen molar-refractivity contribution in [3.8, 4) is 0 Å². The van der Waals surface area contributed by atoms with Gasteiger partial charge in [-0.05, 0) is 0 Å². The maximum absolute atomic E-state index is 11.0. The van der Waals surface area contributed by atoms with E-state index in [0.717, 1.165) is 6.20 Å². The third-order valence-corrected chi connectivity index (χ3v) is 0.326. The quantitative estimate of drug-likeness (QED) is 0.471. The molecule has 0 amide bonds. The van der Waals surface area contributed by atoms with Crippen LogP contribution in [0.4, 0.5) is 13.2 Å². The molecule has 0 rings (SSSR count). The molecule has 46 valence electrons. The van der Waals surface area contributed by atoms with E-state index in [0.29, 0.717) is 0 Å². The van der Waals surface area contributed by atoms with Crippen molar-refractivity contribution in [3.63, 3.8) is 0 Å². The van der Waals surface area contributed by atoms with Crippen LogP contribution in [-0.4, -0.2) is 12.4 Å². The highest BCUT2D eigenvalue weighted by molar-refractivity contribution is 5.64. The molecule has 0 aliphatic heterocycles. The summed E-state index contributed by atoms with van der Waals surface area (Å²) in [6, 6.07) is 0. The molecule has 0 aliphatic carbocycles. The van der Waals surface area contributed by atoms with Crippen molar-refractivity contribution >= 4 is 6.21 Å². The van der Waals surface area contributed by atoms with E-state index >= 15 is 0 Å². The monoisotopic (exact) mass is 123 g/mol. The minimum Gasteiger partial charge on any atom is -0.260 e. The average molecular weight is 123 g/mol. The zero-order valence-electron chi connectivity index (χ0n) is 3.94. The Labute approximate surface area is 44.5 Å². The predicted octanol–water partition coefficient (Wildman–Crippen LogP) is 1.76. The van der Waals surface area contributed by atoms with Gasteiger partial charge in [-0.15, -0.1) is 0 Å². The molecule has 0 saturated heterocycles. The second kappa shape index (κ2) is 2.49. The SMILES string of the molecule is C=C/N=C/C(F)(F)F. The summed E-state index contributed by atoms with van der Waals surface area (Å²) < 4.78 is 33.1. The Bertz CT molecular complexity index is 102. The van der Waals surface area contributed by atoms with Gasteiger partial charge in [0, 0.05) is 6.20 Å². The highest BCUT2D eigenvalue weighted by atomic mass is 19.4. The van der Waals surface area contributed by atoms with Crippen LogP contribution in [0.2, 0.25) is 0 Å². The number of rotatable bonds is 1. The zero-order chi connectivity index (χ0) is 6.62. The van der Waals surface area contributed by atoms with Gasteiger partial charge in [0.2, 0.25) is 0 Å². The molecule has 0 heterocycles. The van der Waals surface area contributed by atoms with E-state index in [1.807, 2.05) is 0 Å². The fraction of sp³-hybridized carbons (Fsp3) is 0.250. The molecular formula is C4H4F3N. The van der Waals surface area contributed by atoms with Crippen molar-refractivity contribution in [3.05, 3.63) is 12.8 Å². The molecule has 0 aromatic carbocycles. The van der Waals surface area contributed by atoms with Crippen LogP contribution >= 0.6 is 0 Å². The van der Waals surface area contributed by atoms with Crippen LogP contribution in [0.15, 0.2) is 17.8 Å². The molecule has 0 bridgehead atoms. The molecule has 0 saturated carbocycles. The van der Waals surface area contributed by atoms with Gasteiger partial charge in [-0.1, -0.05) is 6.58 Å². The standard InChI is InChI=1S/C4H4F3N/c1-2-8-3-4(5,6)7/h2-3H,1H2/b8-3+. The smallest absolute Gasteiger partial charge is 0.260 e. The van der Waals surface area contributed by atoms with Crippen LogP contribution in [0.3, 0.4) is 0 Å². The summed E-state index contributed by atoms with van der Waals surface area (Å²) in [7, 11) is 0. The van der Waals surface area contributed by atoms with Crippen LogP contribution < -0.4 is 0 Å². The lowest BCUT2D eigenvalue weighted by molar-refractivity contribution is -0.0535. The third kappa shape index (κ3) is 5.20. The second-order valence-corrected chi connectivity index (χ2v) is 1.00. The van der Waals surface area contributed by atoms with E-state index < -0.39 is 6.18 Å². The minimum atomic E-state index is -4.31. The minimum absolute atomic E-state index is 0.125. The van der Waals surface area contributed by atoms with Gasteiger partial charge in [0.1, 0.15) is 6.21 Å². The number of hydrogen-bond donors (Lipinski definition) is 0. The van der Waals surface area contributed by atoms with Crippen molar-refractivity contribution in [2.45, 2.75) is 6.18 Å². The van der Waals surface area contributed by atoms with Gasteiger partial charge in [0.05, 0.1) is 0 Å². The molecule has 4 heteroatoms. The molecule has 0 radical (unpaired) electrons. The first-order valence-corrected chi connectivity index (χ1v) is 1.78. The normalized spacial score (nSPS) is 12.4. The fourth-order valence-corrected chi connectivity index (χ4v) is 0.137. The van der Waals surface area contributed by atoms with E-state index in [4.69, 9.17) is 0 Å². The van der Waals surface area contributed by atoms with E-state index in [9.17, 15) is 13.2 Å². The summed E-state index contributed by atoms with van der Waals surface area (Å²) in [4.78, 5) is 2.76. The maximum atomic E-state index is 11.0. The topological polar surface area (TPSA) is 12.4 Å². The summed E-state index contributed by atoms with van der Waals surface area (Å²) in [5.74, 6) is 0. The second-order valence-electron chi connectivity index (χ2n) is 1.00. The van der Waals surface area contributed by atoms with Crippen LogP contribution in [-0.2, 0) is 0 Å². The van der Waals surface area contributed by atoms with Crippen molar-refractivity contribution < 1.29 is 13.2 Å². The highest BCUT2D eigenvalue weighted by Crippen LogP contribution is 2.09. The van der Waals surface area contributed by atoms with Crippen molar-refractivity contribution in [2.24, 2.45) is 4.99 Å². The lowest BCUT2D eigenvalue weighted by Gasteiger charge is -1.92. The van der Waals surface area contributed by atoms with Gasteiger partial charge in [0.15, 0.2) is 0 Å². The van der Waals surface area contributed by atoms with Gasteiger partial charge in [-0.25, -0.2) is 0 Å². The van der Waals surface area contributed by atoms with Gasteiger partial charge >= 0.3 is 6.18 Å². The molecule has 8 heavy (non-hydrogen) atoms. The van der Waals surface area contributed by atoms with Crippen LogP contribution in [0.5, 0.6) is 0 Å². The largest absolute Gasteiger partial charge is 0.426 e. The summed E-state index contributed by atoms with van der Waals surface area (Å²) in [5.41, 5.74) is 0. The maximum Gasteiger partial charge on any atom is 0.426 e. The summed E-state index contributed by atoms with van der Waals surface area (Å²) >= 11 is 0. The number of nitrogens with zero attached hydrogens (tertiary/aromatic N) is 1. The zero-order valence-corrected chi connectivity index (χ0v) is 3.94. The van der Waals surface area contributed by atoms with E-state index in [-0.39, 0.29) is 6.21 Å². The Hall–Kier alpha value is -0.800. The predicted molar refractivity (Wildman–Crippen MR) is 24.7 cm³/mol. The van der Waals surface area contributed by atoms with Crippen LogP contribution in [0.1, 0.15) is 0 Å². The molecular weight excluding hydrogens is 119 g/mol. The third-order valence-electron chi connectivity index (χ3n) is 0.326. The first-order valence-electron chi connectivity index (χ1n) is 1.78. The van der Waals surface area contributed by atoms with Gasteiger partial charge in [-0.2, -0.15) is 13.2 Å². The molecule has 0 spiro atoms. The molecule has 0 unspecified atom stereocenters. The average Bonchev–Trinajstić information content (AvgIpc) is 1.59. The molecule has 1 nitrogen and oxygen atoms in total. The van der Waals surface area contributed by atoms with Crippen molar-refractivity contribution in [1.82, 2.24) is 0 Å². The molecule has 0 N–H and O–H groups in total. The summed E-state index contributed by atoms with van der Waals surface area (Å²) in [5, 5.41) is 0. The first-order chi connectivity index (χ1) is 3.56. The Morgan fingerprint density at radius 1 is 1.38 bits per heavy atom. The molecule has 0 fully saturated rings. The molecule has 0 atom stereocenters. The molecule has 0 aromatic heterocycles. The summed E-state index contributed by atoms with van der Waals surface area (Å²) in [6.07, 6.45) is -3.61. The van der Waals surface area contributed by atoms with Crippen molar-refractivity contribution in [2.75, 3.05) is 0 Å². The number of aliphatic imine (C=N–C) groups is 1. The van der Waals surface area contributed by atoms with Crippen LogP contribution in [0.25, 0.3) is 0 Å². The first kappa shape index (κ1) is 7.20. The Morgan fingerprint density at radius 3 is 2.00 bits per heavy atom. The van der Waals surface area contributed by atoms with E-state index in [1.165, 1.54) is 0 Å². The summed E-state index contributed by atoms with van der Waals surface area (Å²) in [6.45, 7) is 2.97. The lowest BCUT2D eigenvalue weighted by atomic mass is 10.7. The Kier molecular flexibility index (Phi) is 2.24. The van der Waals surface area contributed by atoms with Gasteiger partial charge in [0.25, 0.3) is 0 Å². The van der Waals surface area contributed by atoms with Gasteiger partial charge in [-0.3, -0.25) is 4.99 Å². The van der Waals surface area contributed by atoms with E-state index in [1.54, 1.807) is 0 Å². The lowest BCUT2D eigenvalue weighted by Crippen LogP contribution is -2.07. The number of hydrogen-bond acceptors (Lipinski definition) is 1. The molecule has 0 aliphatic rings. The Morgan fingerprint density at radius 2 is 1.88 bits per heavy atom.